The van der Waals surface area contributed by atoms with Crippen LogP contribution < -0.4 is 5.32 Å². The van der Waals surface area contributed by atoms with Crippen LogP contribution in [0.25, 0.3) is 10.9 Å². The van der Waals surface area contributed by atoms with Crippen molar-refractivity contribution in [1.82, 2.24) is 25.0 Å². The molecule has 1 N–H and O–H groups in total. The van der Waals surface area contributed by atoms with Gasteiger partial charge in [-0.25, -0.2) is 13.4 Å². The van der Waals surface area contributed by atoms with Crippen molar-refractivity contribution in [2.75, 3.05) is 11.6 Å². The lowest BCUT2D eigenvalue weighted by molar-refractivity contribution is 0.563. The third-order valence-electron chi connectivity index (χ3n) is 4.42. The third kappa shape index (κ3) is 3.56. The Morgan fingerprint density at radius 1 is 1.11 bits per heavy atom. The van der Waals surface area contributed by atoms with Gasteiger partial charge in [-0.1, -0.05) is 0 Å². The molecule has 0 saturated heterocycles. The van der Waals surface area contributed by atoms with Crippen molar-refractivity contribution in [1.29, 1.82) is 0 Å². The van der Waals surface area contributed by atoms with Crippen LogP contribution >= 0.6 is 0 Å². The van der Waals surface area contributed by atoms with Gasteiger partial charge in [-0.2, -0.15) is 15.3 Å². The molecule has 0 bridgehead atoms. The standard InChI is InChI=1S/C19H18N6O2S/c1-13(17-4-3-9-21-24-17)25-18-10-19(20-11-14(18)12-22-25)23-15-5-7-16(8-6-15)28(2,26)27/h3-13H,1-2H3,(H,20,23). The third-order valence-corrected chi connectivity index (χ3v) is 5.55. The van der Waals surface area contributed by atoms with Gasteiger partial charge in [-0.05, 0) is 43.3 Å². The zero-order chi connectivity index (χ0) is 19.7. The molecule has 0 amide bonds. The lowest BCUT2D eigenvalue weighted by atomic mass is 10.2. The van der Waals surface area contributed by atoms with Crippen LogP contribution in [0.4, 0.5) is 11.5 Å². The predicted octanol–water partition coefficient (Wildman–Crippen LogP) is 2.98. The summed E-state index contributed by atoms with van der Waals surface area (Å²) in [5.41, 5.74) is 2.46. The largest absolute Gasteiger partial charge is 0.340 e. The molecule has 0 aliphatic rings. The summed E-state index contributed by atoms with van der Waals surface area (Å²) in [6, 6.07) is 12.1. The Morgan fingerprint density at radius 3 is 2.57 bits per heavy atom. The second-order valence-corrected chi connectivity index (χ2v) is 8.48. The summed E-state index contributed by atoms with van der Waals surface area (Å²) in [5, 5.41) is 16.7. The highest BCUT2D eigenvalue weighted by Crippen LogP contribution is 2.25. The topological polar surface area (TPSA) is 103 Å². The monoisotopic (exact) mass is 394 g/mol. The van der Waals surface area contributed by atoms with Gasteiger partial charge in [-0.15, -0.1) is 0 Å². The van der Waals surface area contributed by atoms with Crippen molar-refractivity contribution >= 4 is 32.2 Å². The maximum Gasteiger partial charge on any atom is 0.175 e. The molecule has 8 nitrogen and oxygen atoms in total. The number of pyridine rings is 1. The van der Waals surface area contributed by atoms with Crippen LogP contribution in [0.3, 0.4) is 0 Å². The van der Waals surface area contributed by atoms with Crippen LogP contribution in [-0.4, -0.2) is 39.6 Å². The van der Waals surface area contributed by atoms with Crippen molar-refractivity contribution in [2.45, 2.75) is 17.9 Å². The average Bonchev–Trinajstić information content (AvgIpc) is 3.11. The average molecular weight is 394 g/mol. The van der Waals surface area contributed by atoms with E-state index >= 15 is 0 Å². The van der Waals surface area contributed by atoms with E-state index in [1.165, 1.54) is 6.26 Å². The molecule has 142 valence electrons. The van der Waals surface area contributed by atoms with Gasteiger partial charge in [0, 0.05) is 35.8 Å². The zero-order valence-electron chi connectivity index (χ0n) is 15.3. The van der Waals surface area contributed by atoms with E-state index in [1.54, 1.807) is 42.9 Å². The Hall–Kier alpha value is -3.33. The van der Waals surface area contributed by atoms with Gasteiger partial charge in [0.05, 0.1) is 28.3 Å². The molecule has 0 spiro atoms. The van der Waals surface area contributed by atoms with Crippen LogP contribution in [0.2, 0.25) is 0 Å². The van der Waals surface area contributed by atoms with E-state index in [0.29, 0.717) is 5.82 Å². The number of nitrogens with zero attached hydrogens (tertiary/aromatic N) is 5. The van der Waals surface area contributed by atoms with Crippen LogP contribution in [0.5, 0.6) is 0 Å². The molecule has 9 heteroatoms. The van der Waals surface area contributed by atoms with E-state index in [9.17, 15) is 8.42 Å². The fraction of sp³-hybridized carbons (Fsp3) is 0.158. The fourth-order valence-corrected chi connectivity index (χ4v) is 3.54. The molecule has 0 saturated carbocycles. The lowest BCUT2D eigenvalue weighted by Gasteiger charge is -2.13. The Morgan fingerprint density at radius 2 is 1.89 bits per heavy atom. The lowest BCUT2D eigenvalue weighted by Crippen LogP contribution is -2.10. The van der Waals surface area contributed by atoms with Crippen molar-refractivity contribution in [3.8, 4) is 0 Å². The van der Waals surface area contributed by atoms with Crippen LogP contribution in [0.15, 0.2) is 66.0 Å². The molecule has 1 aromatic carbocycles. The number of anilines is 2. The van der Waals surface area contributed by atoms with E-state index in [0.717, 1.165) is 22.3 Å². The summed E-state index contributed by atoms with van der Waals surface area (Å²) >= 11 is 0. The Balaban J connectivity index is 1.64. The molecule has 0 aliphatic heterocycles. The summed E-state index contributed by atoms with van der Waals surface area (Å²) in [4.78, 5) is 4.68. The quantitative estimate of drug-likeness (QED) is 0.555. The second-order valence-electron chi connectivity index (χ2n) is 6.46. The molecule has 1 atom stereocenters. The van der Waals surface area contributed by atoms with Crippen LogP contribution in [0, 0.1) is 0 Å². The fourth-order valence-electron chi connectivity index (χ4n) is 2.91. The van der Waals surface area contributed by atoms with Crippen molar-refractivity contribution < 1.29 is 8.42 Å². The molecule has 1 unspecified atom stereocenters. The highest BCUT2D eigenvalue weighted by atomic mass is 32.2. The van der Waals surface area contributed by atoms with E-state index in [2.05, 4.69) is 25.6 Å². The number of hydrogen-bond donors (Lipinski definition) is 1. The number of rotatable bonds is 5. The molecular formula is C19H18N6O2S. The number of sulfone groups is 1. The van der Waals surface area contributed by atoms with Crippen molar-refractivity contribution in [3.05, 3.63) is 66.7 Å². The second kappa shape index (κ2) is 7.01. The predicted molar refractivity (Wildman–Crippen MR) is 106 cm³/mol. The summed E-state index contributed by atoms with van der Waals surface area (Å²) in [6.07, 6.45) is 6.33. The first-order chi connectivity index (χ1) is 13.4. The van der Waals surface area contributed by atoms with Crippen molar-refractivity contribution in [2.24, 2.45) is 0 Å². The highest BCUT2D eigenvalue weighted by Gasteiger charge is 2.14. The van der Waals surface area contributed by atoms with Gasteiger partial charge in [0.25, 0.3) is 0 Å². The van der Waals surface area contributed by atoms with Gasteiger partial charge in [-0.3, -0.25) is 4.68 Å². The minimum atomic E-state index is -3.22. The minimum Gasteiger partial charge on any atom is -0.340 e. The van der Waals surface area contributed by atoms with E-state index in [-0.39, 0.29) is 10.9 Å². The van der Waals surface area contributed by atoms with E-state index in [4.69, 9.17) is 0 Å². The van der Waals surface area contributed by atoms with Gasteiger partial charge in [0.15, 0.2) is 9.84 Å². The maximum atomic E-state index is 11.6. The van der Waals surface area contributed by atoms with Gasteiger partial charge in [0.1, 0.15) is 5.82 Å². The molecule has 3 heterocycles. The number of benzene rings is 1. The first-order valence-electron chi connectivity index (χ1n) is 8.60. The summed E-state index contributed by atoms with van der Waals surface area (Å²) in [7, 11) is -3.22. The van der Waals surface area contributed by atoms with E-state index < -0.39 is 9.84 Å². The summed E-state index contributed by atoms with van der Waals surface area (Å²) in [5.74, 6) is 0.632. The zero-order valence-corrected chi connectivity index (χ0v) is 16.1. The molecule has 3 aromatic heterocycles. The molecule has 0 radical (unpaired) electrons. The number of fused-ring (bicyclic) bond motifs is 1. The smallest absolute Gasteiger partial charge is 0.175 e. The Bertz CT molecular complexity index is 1220. The first kappa shape index (κ1) is 18.1. The molecule has 28 heavy (non-hydrogen) atoms. The van der Waals surface area contributed by atoms with Gasteiger partial charge < -0.3 is 5.32 Å². The SMILES string of the molecule is CC(c1cccnn1)n1ncc2cnc(Nc3ccc(S(C)(=O)=O)cc3)cc21. The summed E-state index contributed by atoms with van der Waals surface area (Å²) in [6.45, 7) is 2.01. The minimum absolute atomic E-state index is 0.0875. The Labute approximate surface area is 162 Å². The molecular weight excluding hydrogens is 376 g/mol. The van der Waals surface area contributed by atoms with Gasteiger partial charge in [0.2, 0.25) is 0 Å². The first-order valence-corrected chi connectivity index (χ1v) is 10.5. The van der Waals surface area contributed by atoms with E-state index in [1.807, 2.05) is 29.8 Å². The normalized spacial score (nSPS) is 12.8. The molecule has 0 fully saturated rings. The maximum absolute atomic E-state index is 11.6. The van der Waals surface area contributed by atoms with Crippen LogP contribution in [-0.2, 0) is 9.84 Å². The number of aromatic nitrogens is 5. The summed E-state index contributed by atoms with van der Waals surface area (Å²) < 4.78 is 25.0. The molecule has 4 rings (SSSR count). The number of hydrogen-bond acceptors (Lipinski definition) is 7. The highest BCUT2D eigenvalue weighted by molar-refractivity contribution is 7.90. The Kier molecular flexibility index (Phi) is 4.52. The van der Waals surface area contributed by atoms with Crippen molar-refractivity contribution in [3.63, 3.8) is 0 Å². The van der Waals surface area contributed by atoms with Gasteiger partial charge >= 0.3 is 0 Å². The molecule has 0 aliphatic carbocycles. The number of nitrogens with one attached hydrogen (secondary N) is 1. The molecule has 4 aromatic rings. The van der Waals surface area contributed by atoms with Crippen LogP contribution in [0.1, 0.15) is 18.7 Å².